The molecule has 0 saturated heterocycles. The molecule has 3 aromatic rings. The zero-order valence-electron chi connectivity index (χ0n) is 21.0. The molecule has 1 aliphatic heterocycles. The fourth-order valence-corrected chi connectivity index (χ4v) is 5.42. The molecule has 7 nitrogen and oxygen atoms in total. The molecule has 0 unspecified atom stereocenters. The lowest BCUT2D eigenvalue weighted by molar-refractivity contribution is -0.135. The Morgan fingerprint density at radius 1 is 1.08 bits per heavy atom. The predicted molar refractivity (Wildman–Crippen MR) is 140 cm³/mol. The highest BCUT2D eigenvalue weighted by Crippen LogP contribution is 2.35. The minimum Gasteiger partial charge on any atom is -0.493 e. The maximum absolute atomic E-state index is 14.4. The summed E-state index contributed by atoms with van der Waals surface area (Å²) in [5, 5.41) is 2.02. The smallest absolute Gasteiger partial charge is 0.257 e. The van der Waals surface area contributed by atoms with Crippen LogP contribution in [0.3, 0.4) is 0 Å². The van der Waals surface area contributed by atoms with Gasteiger partial charge in [0.05, 0.1) is 18.7 Å². The van der Waals surface area contributed by atoms with Crippen LogP contribution in [0.4, 0.5) is 4.39 Å². The van der Waals surface area contributed by atoms with Gasteiger partial charge in [0, 0.05) is 31.7 Å². The number of ether oxygens (including phenoxy) is 3. The van der Waals surface area contributed by atoms with Gasteiger partial charge in [-0.15, -0.1) is 11.3 Å². The predicted octanol–water partition coefficient (Wildman–Crippen LogP) is 4.58. The Labute approximate surface area is 220 Å². The van der Waals surface area contributed by atoms with Crippen molar-refractivity contribution in [2.75, 3.05) is 47.1 Å². The van der Waals surface area contributed by atoms with Crippen LogP contribution in [0.25, 0.3) is 0 Å². The van der Waals surface area contributed by atoms with E-state index in [1.165, 1.54) is 28.0 Å². The van der Waals surface area contributed by atoms with Gasteiger partial charge in [-0.3, -0.25) is 9.59 Å². The van der Waals surface area contributed by atoms with Crippen LogP contribution < -0.4 is 9.47 Å². The number of benzene rings is 2. The van der Waals surface area contributed by atoms with Gasteiger partial charge in [-0.05, 0) is 54.1 Å². The number of carbonyl (C=O) groups excluding carboxylic acids is 2. The number of rotatable bonds is 11. The summed E-state index contributed by atoms with van der Waals surface area (Å²) in [4.78, 5) is 31.3. The van der Waals surface area contributed by atoms with E-state index < -0.39 is 11.7 Å². The minimum atomic E-state index is -0.610. The molecule has 1 atom stereocenters. The number of para-hydroxylation sites is 2. The van der Waals surface area contributed by atoms with Crippen molar-refractivity contribution in [3.63, 3.8) is 0 Å². The lowest BCUT2D eigenvalue weighted by Crippen LogP contribution is -2.48. The highest BCUT2D eigenvalue weighted by atomic mass is 32.1. The summed E-state index contributed by atoms with van der Waals surface area (Å²) in [5.74, 6) is -0.136. The molecule has 0 N–H and O–H groups in total. The van der Waals surface area contributed by atoms with E-state index in [9.17, 15) is 14.0 Å². The average Bonchev–Trinajstić information content (AvgIpc) is 3.40. The molecule has 0 bridgehead atoms. The van der Waals surface area contributed by atoms with Gasteiger partial charge in [-0.1, -0.05) is 24.3 Å². The maximum Gasteiger partial charge on any atom is 0.257 e. The number of fused-ring (bicyclic) bond motifs is 1. The van der Waals surface area contributed by atoms with Gasteiger partial charge < -0.3 is 24.0 Å². The molecule has 0 radical (unpaired) electrons. The molecule has 0 fully saturated rings. The number of methoxy groups -OCH3 is 2. The van der Waals surface area contributed by atoms with Crippen LogP contribution in [-0.4, -0.2) is 68.7 Å². The molecular weight excluding hydrogens is 495 g/mol. The quantitative estimate of drug-likeness (QED) is 0.342. The summed E-state index contributed by atoms with van der Waals surface area (Å²) < 4.78 is 31.1. The van der Waals surface area contributed by atoms with Gasteiger partial charge >= 0.3 is 0 Å². The normalized spacial score (nSPS) is 14.7. The van der Waals surface area contributed by atoms with E-state index in [-0.39, 0.29) is 37.2 Å². The molecule has 0 spiro atoms. The second-order valence-electron chi connectivity index (χ2n) is 8.67. The first-order valence-corrected chi connectivity index (χ1v) is 13.1. The SMILES string of the molecule is COCCCN(CC(=O)N1CCc2sccc2[C@@H]1COc1ccccc1OC)C(=O)c1ccccc1F. The number of carbonyl (C=O) groups is 2. The number of halogens is 1. The van der Waals surface area contributed by atoms with Crippen molar-refractivity contribution in [3.8, 4) is 11.5 Å². The van der Waals surface area contributed by atoms with Gasteiger partial charge in [0.2, 0.25) is 5.91 Å². The van der Waals surface area contributed by atoms with Crippen LogP contribution in [0.1, 0.15) is 33.3 Å². The Morgan fingerprint density at radius 2 is 1.84 bits per heavy atom. The van der Waals surface area contributed by atoms with E-state index in [4.69, 9.17) is 14.2 Å². The second-order valence-corrected chi connectivity index (χ2v) is 9.67. The summed E-state index contributed by atoms with van der Waals surface area (Å²) in [7, 11) is 3.16. The lowest BCUT2D eigenvalue weighted by atomic mass is 10.00. The summed E-state index contributed by atoms with van der Waals surface area (Å²) >= 11 is 1.67. The van der Waals surface area contributed by atoms with Crippen LogP contribution in [0.15, 0.2) is 60.0 Å². The van der Waals surface area contributed by atoms with Gasteiger partial charge in [0.25, 0.3) is 5.91 Å². The third-order valence-corrected chi connectivity index (χ3v) is 7.37. The first kappa shape index (κ1) is 26.6. The van der Waals surface area contributed by atoms with Crippen molar-refractivity contribution in [1.29, 1.82) is 0 Å². The first-order valence-electron chi connectivity index (χ1n) is 12.2. The third-order valence-electron chi connectivity index (χ3n) is 6.38. The van der Waals surface area contributed by atoms with Crippen molar-refractivity contribution in [2.24, 2.45) is 0 Å². The van der Waals surface area contributed by atoms with E-state index in [1.54, 1.807) is 36.5 Å². The highest BCUT2D eigenvalue weighted by molar-refractivity contribution is 7.10. The molecule has 0 aliphatic carbocycles. The largest absolute Gasteiger partial charge is 0.493 e. The minimum absolute atomic E-state index is 0.0532. The molecule has 4 rings (SSSR count). The molecule has 1 aromatic heterocycles. The topological polar surface area (TPSA) is 68.3 Å². The molecule has 1 aliphatic rings. The van der Waals surface area contributed by atoms with Crippen molar-refractivity contribution < 1.29 is 28.2 Å². The summed E-state index contributed by atoms with van der Waals surface area (Å²) in [6, 6.07) is 14.9. The average molecular weight is 527 g/mol. The first-order chi connectivity index (χ1) is 18.0. The number of nitrogens with zero attached hydrogens (tertiary/aromatic N) is 2. The third kappa shape index (κ3) is 6.29. The van der Waals surface area contributed by atoms with E-state index in [0.29, 0.717) is 31.1 Å². The van der Waals surface area contributed by atoms with Gasteiger partial charge in [0.15, 0.2) is 11.5 Å². The highest BCUT2D eigenvalue weighted by Gasteiger charge is 2.34. The summed E-state index contributed by atoms with van der Waals surface area (Å²) in [5.41, 5.74) is 0.994. The molecule has 0 saturated carbocycles. The molecule has 9 heteroatoms. The Hall–Kier alpha value is -3.43. The number of amides is 2. The van der Waals surface area contributed by atoms with E-state index in [2.05, 4.69) is 0 Å². The fraction of sp³-hybridized carbons (Fsp3) is 0.357. The molecular formula is C28H31FN2O5S. The van der Waals surface area contributed by atoms with Gasteiger partial charge in [0.1, 0.15) is 19.0 Å². The van der Waals surface area contributed by atoms with Crippen LogP contribution in [0.5, 0.6) is 11.5 Å². The van der Waals surface area contributed by atoms with Crippen LogP contribution in [0, 0.1) is 5.82 Å². The van der Waals surface area contributed by atoms with E-state index >= 15 is 0 Å². The standard InChI is InChI=1S/C28H31FN2O5S/c1-34-16-7-14-30(28(33)20-8-3-4-9-22(20)29)18-27(32)31-15-12-26-21(13-17-37-26)23(31)19-36-25-11-6-5-10-24(25)35-2/h3-6,8-11,13,17,23H,7,12,14-16,18-19H2,1-2H3/t23-/m0/s1. The van der Waals surface area contributed by atoms with Crippen molar-refractivity contribution in [2.45, 2.75) is 18.9 Å². The molecule has 2 amide bonds. The maximum atomic E-state index is 14.4. The number of thiophene rings is 1. The summed E-state index contributed by atoms with van der Waals surface area (Å²) in [6.45, 7) is 1.27. The molecule has 2 heterocycles. The number of hydrogen-bond donors (Lipinski definition) is 0. The lowest BCUT2D eigenvalue weighted by Gasteiger charge is -2.37. The molecule has 2 aromatic carbocycles. The van der Waals surface area contributed by atoms with Crippen molar-refractivity contribution in [1.82, 2.24) is 9.80 Å². The molecule has 37 heavy (non-hydrogen) atoms. The van der Waals surface area contributed by atoms with E-state index in [0.717, 1.165) is 12.0 Å². The van der Waals surface area contributed by atoms with Crippen molar-refractivity contribution in [3.05, 3.63) is 81.8 Å². The second kappa shape index (κ2) is 12.7. The zero-order valence-corrected chi connectivity index (χ0v) is 21.8. The Bertz CT molecular complexity index is 1220. The van der Waals surface area contributed by atoms with Gasteiger partial charge in [-0.2, -0.15) is 0 Å². The van der Waals surface area contributed by atoms with Crippen LogP contribution in [0.2, 0.25) is 0 Å². The monoisotopic (exact) mass is 526 g/mol. The van der Waals surface area contributed by atoms with Crippen LogP contribution in [-0.2, 0) is 16.0 Å². The Morgan fingerprint density at radius 3 is 2.59 bits per heavy atom. The Balaban J connectivity index is 1.54. The zero-order chi connectivity index (χ0) is 26.2. The Kier molecular flexibility index (Phi) is 9.14. The van der Waals surface area contributed by atoms with Gasteiger partial charge in [-0.25, -0.2) is 4.39 Å². The number of hydrogen-bond acceptors (Lipinski definition) is 6. The van der Waals surface area contributed by atoms with E-state index in [1.807, 2.05) is 35.7 Å². The summed E-state index contributed by atoms with van der Waals surface area (Å²) in [6.07, 6.45) is 1.26. The van der Waals surface area contributed by atoms with Crippen LogP contribution >= 0.6 is 11.3 Å². The van der Waals surface area contributed by atoms with Crippen molar-refractivity contribution >= 4 is 23.2 Å². The molecule has 196 valence electrons. The fourth-order valence-electron chi connectivity index (χ4n) is 4.49.